The summed E-state index contributed by atoms with van der Waals surface area (Å²) in [5.41, 5.74) is 6.30. The van der Waals surface area contributed by atoms with Gasteiger partial charge in [-0.05, 0) is 0 Å². The lowest BCUT2D eigenvalue weighted by atomic mass is 10.2. The second-order valence-electron chi connectivity index (χ2n) is 1.80. The van der Waals surface area contributed by atoms with Gasteiger partial charge in [-0.1, -0.05) is 0 Å². The van der Waals surface area contributed by atoms with Crippen molar-refractivity contribution in [1.29, 1.82) is 5.53 Å². The molecule has 0 atom stereocenters. The fourth-order valence-corrected chi connectivity index (χ4v) is 0.464. The zero-order chi connectivity index (χ0) is 8.69. The predicted octanol–water partition coefficient (Wildman–Crippen LogP) is -0.181. The van der Waals surface area contributed by atoms with E-state index >= 15 is 0 Å². The van der Waals surface area contributed by atoms with Crippen LogP contribution in [0, 0.1) is 5.53 Å². The maximum Gasteiger partial charge on any atom is 0.372 e. The van der Waals surface area contributed by atoms with Gasteiger partial charge in [0.2, 0.25) is 5.78 Å². The summed E-state index contributed by atoms with van der Waals surface area (Å²) in [7, 11) is 1.26. The SMILES string of the molecule is COC(=O)CCC(=O)C=[N+]=N. The van der Waals surface area contributed by atoms with Gasteiger partial charge in [-0.25, -0.2) is 0 Å². The summed E-state index contributed by atoms with van der Waals surface area (Å²) < 4.78 is 4.30. The Morgan fingerprint density at radius 2 is 2.18 bits per heavy atom. The number of nitrogens with zero attached hydrogens (tertiary/aromatic N) is 1. The van der Waals surface area contributed by atoms with Crippen LogP contribution in [0.15, 0.2) is 0 Å². The summed E-state index contributed by atoms with van der Waals surface area (Å²) in [4.78, 5) is 23.8. The first-order chi connectivity index (χ1) is 5.20. The molecule has 0 aliphatic carbocycles. The number of ether oxygens (including phenoxy) is 1. The molecule has 0 bridgehead atoms. The van der Waals surface area contributed by atoms with Crippen molar-refractivity contribution < 1.29 is 19.1 Å². The summed E-state index contributed by atoms with van der Waals surface area (Å²) in [5.74, 6) is -0.776. The van der Waals surface area contributed by atoms with E-state index in [-0.39, 0.29) is 18.6 Å². The third-order valence-corrected chi connectivity index (χ3v) is 1.01. The first kappa shape index (κ1) is 9.52. The molecule has 0 amide bonds. The standard InChI is InChI=1S/C6H9N2O3/c1-11-6(10)3-2-5(9)4-8-7/h4,7H,2-3H2,1H3/q+1. The van der Waals surface area contributed by atoms with Gasteiger partial charge in [-0.3, -0.25) is 9.59 Å². The monoisotopic (exact) mass is 157 g/mol. The zero-order valence-electron chi connectivity index (χ0n) is 6.16. The highest BCUT2D eigenvalue weighted by Gasteiger charge is 2.07. The van der Waals surface area contributed by atoms with Crippen molar-refractivity contribution in [3.05, 3.63) is 0 Å². The lowest BCUT2D eigenvalue weighted by Gasteiger charge is -1.92. The van der Waals surface area contributed by atoms with Crippen LogP contribution in [-0.2, 0) is 14.3 Å². The highest BCUT2D eigenvalue weighted by molar-refractivity contribution is 6.25. The van der Waals surface area contributed by atoms with Crippen LogP contribution in [0.2, 0.25) is 0 Å². The van der Waals surface area contributed by atoms with E-state index in [1.807, 2.05) is 0 Å². The highest BCUT2D eigenvalue weighted by Crippen LogP contribution is 1.90. The molecule has 0 spiro atoms. The Kier molecular flexibility index (Phi) is 4.60. The molecule has 0 aliphatic rings. The number of methoxy groups -OCH3 is 1. The molecule has 0 radical (unpaired) electrons. The average Bonchev–Trinajstić information content (AvgIpc) is 2.01. The third-order valence-electron chi connectivity index (χ3n) is 1.01. The Morgan fingerprint density at radius 1 is 1.55 bits per heavy atom. The maximum absolute atomic E-state index is 10.6. The van der Waals surface area contributed by atoms with Crippen molar-refractivity contribution in [2.45, 2.75) is 12.8 Å². The number of esters is 1. The second-order valence-corrected chi connectivity index (χ2v) is 1.80. The van der Waals surface area contributed by atoms with Gasteiger partial charge in [0, 0.05) is 6.42 Å². The summed E-state index contributed by atoms with van der Waals surface area (Å²) in [6.45, 7) is 0. The molecular weight excluding hydrogens is 148 g/mol. The smallest absolute Gasteiger partial charge is 0.372 e. The van der Waals surface area contributed by atoms with Crippen molar-refractivity contribution in [2.24, 2.45) is 0 Å². The van der Waals surface area contributed by atoms with Crippen LogP contribution in [0.3, 0.4) is 0 Å². The van der Waals surface area contributed by atoms with Crippen molar-refractivity contribution in [3.8, 4) is 0 Å². The van der Waals surface area contributed by atoms with Crippen molar-refractivity contribution in [2.75, 3.05) is 7.11 Å². The molecule has 0 saturated heterocycles. The number of rotatable bonds is 4. The van der Waals surface area contributed by atoms with E-state index in [2.05, 4.69) is 9.53 Å². The number of carbonyl (C=O) groups is 2. The molecule has 0 saturated carbocycles. The van der Waals surface area contributed by atoms with Crippen LogP contribution in [0.5, 0.6) is 0 Å². The molecule has 1 N–H and O–H groups in total. The Hall–Kier alpha value is -1.48. The fourth-order valence-electron chi connectivity index (χ4n) is 0.464. The normalized spacial score (nSPS) is 8.09. The Morgan fingerprint density at radius 3 is 2.64 bits per heavy atom. The number of nitrogens with one attached hydrogen (secondary N) is 1. The second kappa shape index (κ2) is 5.32. The Balaban J connectivity index is 3.62. The van der Waals surface area contributed by atoms with E-state index in [1.54, 1.807) is 0 Å². The topological polar surface area (TPSA) is 81.3 Å². The predicted molar refractivity (Wildman–Crippen MR) is 35.3 cm³/mol. The molecule has 0 rings (SSSR count). The van der Waals surface area contributed by atoms with Gasteiger partial charge < -0.3 is 4.74 Å². The zero-order valence-corrected chi connectivity index (χ0v) is 6.16. The molecule has 5 nitrogen and oxygen atoms in total. The molecule has 11 heavy (non-hydrogen) atoms. The molecule has 60 valence electrons. The molecule has 0 heterocycles. The highest BCUT2D eigenvalue weighted by atomic mass is 16.5. The van der Waals surface area contributed by atoms with Crippen molar-refractivity contribution in [3.63, 3.8) is 0 Å². The van der Waals surface area contributed by atoms with Gasteiger partial charge in [0.25, 0.3) is 0 Å². The number of carbonyl (C=O) groups excluding carboxylic acids is 2. The summed E-state index contributed by atoms with van der Waals surface area (Å²) in [6.07, 6.45) is 0.958. The number of ketones is 1. The van der Waals surface area contributed by atoms with Gasteiger partial charge >= 0.3 is 12.2 Å². The van der Waals surface area contributed by atoms with Crippen LogP contribution in [0.25, 0.3) is 0 Å². The van der Waals surface area contributed by atoms with E-state index in [0.29, 0.717) is 0 Å². The molecule has 0 unspecified atom stereocenters. The summed E-state index contributed by atoms with van der Waals surface area (Å²) >= 11 is 0. The number of hydrogen-bond acceptors (Lipinski definition) is 4. The molecule has 0 aromatic rings. The number of hydrogen-bond donors (Lipinski definition) is 1. The third kappa shape index (κ3) is 4.99. The minimum atomic E-state index is -0.434. The van der Waals surface area contributed by atoms with Gasteiger partial charge in [-0.2, -0.15) is 0 Å². The molecule has 0 fully saturated rings. The van der Waals surface area contributed by atoms with Gasteiger partial charge in [-0.15, -0.1) is 0 Å². The maximum atomic E-state index is 10.6. The van der Waals surface area contributed by atoms with Crippen molar-refractivity contribution in [1.82, 2.24) is 0 Å². The van der Waals surface area contributed by atoms with E-state index in [1.165, 1.54) is 7.11 Å². The molecule has 0 aromatic heterocycles. The van der Waals surface area contributed by atoms with E-state index in [0.717, 1.165) is 6.21 Å². The van der Waals surface area contributed by atoms with Gasteiger partial charge in [0.05, 0.1) is 23.9 Å². The van der Waals surface area contributed by atoms with Crippen LogP contribution < -0.4 is 0 Å². The lowest BCUT2D eigenvalue weighted by Crippen LogP contribution is -2.06. The first-order valence-corrected chi connectivity index (χ1v) is 3.00. The van der Waals surface area contributed by atoms with E-state index in [9.17, 15) is 9.59 Å². The minimum Gasteiger partial charge on any atom is -0.469 e. The summed E-state index contributed by atoms with van der Waals surface area (Å²) in [6, 6.07) is 0. The van der Waals surface area contributed by atoms with Crippen molar-refractivity contribution >= 4 is 18.0 Å². The number of Topliss-reactive ketones (excluding diaryl/α,β-unsaturated/α-hetero) is 1. The van der Waals surface area contributed by atoms with Gasteiger partial charge in [0.1, 0.15) is 0 Å². The first-order valence-electron chi connectivity index (χ1n) is 3.00. The summed E-state index contributed by atoms with van der Waals surface area (Å²) in [5, 5.41) is 0. The molecule has 0 aliphatic heterocycles. The van der Waals surface area contributed by atoms with Crippen LogP contribution in [0.4, 0.5) is 0 Å². The van der Waals surface area contributed by atoms with E-state index < -0.39 is 5.97 Å². The van der Waals surface area contributed by atoms with Crippen LogP contribution in [0.1, 0.15) is 12.8 Å². The average molecular weight is 157 g/mol. The van der Waals surface area contributed by atoms with E-state index in [4.69, 9.17) is 5.53 Å². The van der Waals surface area contributed by atoms with Gasteiger partial charge in [0.15, 0.2) is 0 Å². The Labute approximate surface area is 63.6 Å². The quantitative estimate of drug-likeness (QED) is 0.266. The fraction of sp³-hybridized carbons (Fsp3) is 0.500. The Bertz CT molecular complexity index is 206. The molecule has 0 aromatic carbocycles. The molecular formula is C6H9N2O3+. The minimum absolute atomic E-state index is 0.0430. The van der Waals surface area contributed by atoms with Crippen LogP contribution in [-0.4, -0.2) is 29.9 Å². The lowest BCUT2D eigenvalue weighted by molar-refractivity contribution is -0.142. The largest absolute Gasteiger partial charge is 0.469 e. The van der Waals surface area contributed by atoms with Crippen LogP contribution >= 0.6 is 0 Å². The molecule has 5 heteroatoms.